The van der Waals surface area contributed by atoms with E-state index in [-0.39, 0.29) is 16.6 Å². The van der Waals surface area contributed by atoms with Crippen LogP contribution in [0.15, 0.2) is 18.2 Å². The van der Waals surface area contributed by atoms with Crippen molar-refractivity contribution in [1.82, 2.24) is 0 Å². The Morgan fingerprint density at radius 1 is 1.47 bits per heavy atom. The summed E-state index contributed by atoms with van der Waals surface area (Å²) in [5.41, 5.74) is 6.31. The molecule has 2 rings (SSSR count). The maximum absolute atomic E-state index is 13.7. The Hall–Kier alpha value is -0.600. The van der Waals surface area contributed by atoms with Crippen LogP contribution in [-0.4, -0.2) is 6.54 Å². The molecule has 0 aromatic heterocycles. The third kappa shape index (κ3) is 1.47. The Balaban J connectivity index is 2.50. The maximum Gasteiger partial charge on any atom is 0.127 e. The Bertz CT molecular complexity index is 403. The van der Waals surface area contributed by atoms with Gasteiger partial charge in [0.15, 0.2) is 0 Å². The van der Waals surface area contributed by atoms with E-state index in [2.05, 4.69) is 13.8 Å². The summed E-state index contributed by atoms with van der Waals surface area (Å²) < 4.78 is 13.7. The van der Waals surface area contributed by atoms with Gasteiger partial charge in [0.1, 0.15) is 5.82 Å². The molecule has 82 valence electrons. The van der Waals surface area contributed by atoms with Gasteiger partial charge in [0.05, 0.1) is 0 Å². The van der Waals surface area contributed by atoms with Crippen molar-refractivity contribution in [3.05, 3.63) is 34.6 Å². The minimum Gasteiger partial charge on any atom is -0.330 e. The van der Waals surface area contributed by atoms with Crippen molar-refractivity contribution in [1.29, 1.82) is 0 Å². The quantitative estimate of drug-likeness (QED) is 0.826. The van der Waals surface area contributed by atoms with E-state index in [1.165, 1.54) is 6.07 Å². The average molecular weight is 228 g/mol. The number of hydrogen-bond donors (Lipinski definition) is 1. The van der Waals surface area contributed by atoms with Gasteiger partial charge in [-0.15, -0.1) is 0 Å². The van der Waals surface area contributed by atoms with Gasteiger partial charge in [0, 0.05) is 17.0 Å². The molecule has 0 saturated heterocycles. The number of benzene rings is 1. The van der Waals surface area contributed by atoms with Crippen molar-refractivity contribution in [2.45, 2.75) is 25.7 Å². The lowest BCUT2D eigenvalue weighted by Crippen LogP contribution is -2.26. The molecule has 2 N–H and O–H groups in total. The molecule has 1 atom stereocenters. The monoisotopic (exact) mass is 227 g/mol. The molecular weight excluding hydrogens is 213 g/mol. The topological polar surface area (TPSA) is 26.0 Å². The zero-order chi connectivity index (χ0) is 11.3. The van der Waals surface area contributed by atoms with Crippen molar-refractivity contribution in [2.24, 2.45) is 11.1 Å². The summed E-state index contributed by atoms with van der Waals surface area (Å²) >= 11 is 5.89. The van der Waals surface area contributed by atoms with Crippen LogP contribution in [0.3, 0.4) is 0 Å². The largest absolute Gasteiger partial charge is 0.330 e. The van der Waals surface area contributed by atoms with Crippen LogP contribution >= 0.6 is 11.6 Å². The highest BCUT2D eigenvalue weighted by molar-refractivity contribution is 6.30. The van der Waals surface area contributed by atoms with Crippen molar-refractivity contribution in [3.63, 3.8) is 0 Å². The van der Waals surface area contributed by atoms with Crippen LogP contribution in [0.1, 0.15) is 25.8 Å². The Kier molecular flexibility index (Phi) is 2.32. The predicted octanol–water partition coefficient (Wildman–Crippen LogP) is 3.11. The number of halogens is 2. The van der Waals surface area contributed by atoms with Crippen LogP contribution in [0, 0.1) is 11.2 Å². The summed E-state index contributed by atoms with van der Waals surface area (Å²) in [6, 6.07) is 4.70. The van der Waals surface area contributed by atoms with E-state index in [1.807, 2.05) is 0 Å². The standard InChI is InChI=1S/C12H15ClFN/c1-11(2)6-12(11,7-15)9-5-8(13)3-4-10(9)14/h3-5H,6-7,15H2,1-2H3. The molecule has 0 spiro atoms. The van der Waals surface area contributed by atoms with Gasteiger partial charge in [0.25, 0.3) is 0 Å². The lowest BCUT2D eigenvalue weighted by Gasteiger charge is -2.19. The molecule has 1 aliphatic carbocycles. The molecule has 1 saturated carbocycles. The van der Waals surface area contributed by atoms with Gasteiger partial charge >= 0.3 is 0 Å². The lowest BCUT2D eigenvalue weighted by atomic mass is 9.87. The van der Waals surface area contributed by atoms with Gasteiger partial charge in [0.2, 0.25) is 0 Å². The molecule has 1 aromatic carbocycles. The minimum atomic E-state index is -0.220. The molecule has 1 aliphatic rings. The third-order valence-electron chi connectivity index (χ3n) is 3.71. The molecule has 0 heterocycles. The first-order chi connectivity index (χ1) is 6.93. The van der Waals surface area contributed by atoms with Crippen LogP contribution in [0.2, 0.25) is 5.02 Å². The fourth-order valence-corrected chi connectivity index (χ4v) is 2.66. The fraction of sp³-hybridized carbons (Fsp3) is 0.500. The molecule has 1 aromatic rings. The van der Waals surface area contributed by atoms with Crippen molar-refractivity contribution in [2.75, 3.05) is 6.54 Å². The number of rotatable bonds is 2. The molecular formula is C12H15ClFN. The first kappa shape index (κ1) is 10.9. The Morgan fingerprint density at radius 2 is 2.07 bits per heavy atom. The van der Waals surface area contributed by atoms with Gasteiger partial charge < -0.3 is 5.73 Å². The molecule has 1 nitrogen and oxygen atoms in total. The summed E-state index contributed by atoms with van der Waals surface area (Å²) in [4.78, 5) is 0. The summed E-state index contributed by atoms with van der Waals surface area (Å²) in [6.45, 7) is 4.69. The molecule has 0 bridgehead atoms. The normalized spacial score (nSPS) is 27.8. The summed E-state index contributed by atoms with van der Waals surface area (Å²) in [6.07, 6.45) is 0.924. The molecule has 0 radical (unpaired) electrons. The van der Waals surface area contributed by atoms with Gasteiger partial charge in [-0.2, -0.15) is 0 Å². The Labute approximate surface area is 94.4 Å². The van der Waals surface area contributed by atoms with E-state index < -0.39 is 0 Å². The van der Waals surface area contributed by atoms with E-state index in [0.29, 0.717) is 17.1 Å². The minimum absolute atomic E-state index is 0.0767. The molecule has 1 unspecified atom stereocenters. The Morgan fingerprint density at radius 3 is 2.53 bits per heavy atom. The highest BCUT2D eigenvalue weighted by Crippen LogP contribution is 2.64. The average Bonchev–Trinajstić information content (AvgIpc) is 2.74. The van der Waals surface area contributed by atoms with Crippen LogP contribution in [0.4, 0.5) is 4.39 Å². The SMILES string of the molecule is CC1(C)CC1(CN)c1cc(Cl)ccc1F. The molecule has 0 aliphatic heterocycles. The van der Waals surface area contributed by atoms with E-state index in [4.69, 9.17) is 17.3 Å². The first-order valence-corrected chi connectivity index (χ1v) is 5.46. The van der Waals surface area contributed by atoms with Crippen LogP contribution in [0.5, 0.6) is 0 Å². The van der Waals surface area contributed by atoms with Crippen LogP contribution in [-0.2, 0) is 5.41 Å². The molecule has 15 heavy (non-hydrogen) atoms. The van der Waals surface area contributed by atoms with E-state index >= 15 is 0 Å². The van der Waals surface area contributed by atoms with E-state index in [9.17, 15) is 4.39 Å². The molecule has 3 heteroatoms. The molecule has 0 amide bonds. The third-order valence-corrected chi connectivity index (χ3v) is 3.94. The highest BCUT2D eigenvalue weighted by atomic mass is 35.5. The summed E-state index contributed by atoms with van der Waals surface area (Å²) in [5.74, 6) is -0.199. The van der Waals surface area contributed by atoms with Crippen molar-refractivity contribution >= 4 is 11.6 Å². The maximum atomic E-state index is 13.7. The van der Waals surface area contributed by atoms with E-state index in [0.717, 1.165) is 6.42 Å². The lowest BCUT2D eigenvalue weighted by molar-refractivity contribution is 0.477. The second kappa shape index (κ2) is 3.19. The van der Waals surface area contributed by atoms with Gasteiger partial charge in [-0.25, -0.2) is 4.39 Å². The summed E-state index contributed by atoms with van der Waals surface area (Å²) in [7, 11) is 0. The van der Waals surface area contributed by atoms with Crippen molar-refractivity contribution in [3.8, 4) is 0 Å². The smallest absolute Gasteiger partial charge is 0.127 e. The van der Waals surface area contributed by atoms with Crippen molar-refractivity contribution < 1.29 is 4.39 Å². The second-order valence-corrected chi connectivity index (χ2v) is 5.41. The number of nitrogens with two attached hydrogens (primary N) is 1. The van der Waals surface area contributed by atoms with Crippen LogP contribution in [0.25, 0.3) is 0 Å². The van der Waals surface area contributed by atoms with Gasteiger partial charge in [-0.1, -0.05) is 25.4 Å². The zero-order valence-corrected chi connectivity index (χ0v) is 9.74. The highest BCUT2D eigenvalue weighted by Gasteiger charge is 2.61. The second-order valence-electron chi connectivity index (χ2n) is 4.97. The summed E-state index contributed by atoms with van der Waals surface area (Å²) in [5, 5.41) is 0.571. The van der Waals surface area contributed by atoms with Gasteiger partial charge in [-0.05, 0) is 35.6 Å². The number of hydrogen-bond acceptors (Lipinski definition) is 1. The first-order valence-electron chi connectivity index (χ1n) is 5.08. The zero-order valence-electron chi connectivity index (χ0n) is 8.98. The van der Waals surface area contributed by atoms with Gasteiger partial charge in [-0.3, -0.25) is 0 Å². The van der Waals surface area contributed by atoms with Crippen LogP contribution < -0.4 is 5.73 Å². The predicted molar refractivity (Wildman–Crippen MR) is 60.5 cm³/mol. The van der Waals surface area contributed by atoms with E-state index in [1.54, 1.807) is 12.1 Å². The fourth-order valence-electron chi connectivity index (χ4n) is 2.49. The molecule has 1 fully saturated rings.